The molecule has 0 spiro atoms. The van der Waals surface area contributed by atoms with Crippen molar-refractivity contribution in [3.8, 4) is 0 Å². The predicted octanol–water partition coefficient (Wildman–Crippen LogP) is 3.88. The van der Waals surface area contributed by atoms with Crippen LogP contribution in [0.2, 0.25) is 0 Å². The van der Waals surface area contributed by atoms with Crippen LogP contribution in [0.1, 0.15) is 20.5 Å². The van der Waals surface area contributed by atoms with Crippen molar-refractivity contribution in [1.29, 1.82) is 0 Å². The molecule has 1 aromatic heterocycles. The molecule has 4 nitrogen and oxygen atoms in total. The van der Waals surface area contributed by atoms with Gasteiger partial charge in [-0.2, -0.15) is 0 Å². The van der Waals surface area contributed by atoms with Crippen molar-refractivity contribution in [2.24, 2.45) is 0 Å². The van der Waals surface area contributed by atoms with Gasteiger partial charge in [0.15, 0.2) is 0 Å². The molecule has 23 heavy (non-hydrogen) atoms. The quantitative estimate of drug-likeness (QED) is 0.911. The number of nitrogens with zero attached hydrogens (tertiary/aromatic N) is 2. The highest BCUT2D eigenvalue weighted by atomic mass is 32.2. The summed E-state index contributed by atoms with van der Waals surface area (Å²) < 4.78 is 0.507. The van der Waals surface area contributed by atoms with E-state index in [1.54, 1.807) is 6.20 Å². The fourth-order valence-corrected chi connectivity index (χ4v) is 5.11. The predicted molar refractivity (Wildman–Crippen MR) is 101 cm³/mol. The van der Waals surface area contributed by atoms with Gasteiger partial charge in [0.2, 0.25) is 0 Å². The summed E-state index contributed by atoms with van der Waals surface area (Å²) in [5.74, 6) is 2.83. The highest BCUT2D eigenvalue weighted by molar-refractivity contribution is 8.19. The highest BCUT2D eigenvalue weighted by Crippen LogP contribution is 2.45. The Balaban J connectivity index is 1.65. The van der Waals surface area contributed by atoms with Crippen molar-refractivity contribution in [2.75, 3.05) is 35.8 Å². The minimum Gasteiger partial charge on any atom is -0.376 e. The van der Waals surface area contributed by atoms with E-state index in [-0.39, 0.29) is 5.91 Å². The largest absolute Gasteiger partial charge is 0.376 e. The first kappa shape index (κ1) is 16.2. The van der Waals surface area contributed by atoms with Gasteiger partial charge in [-0.15, -0.1) is 23.5 Å². The summed E-state index contributed by atoms with van der Waals surface area (Å²) in [6.45, 7) is 0. The summed E-state index contributed by atoms with van der Waals surface area (Å²) in [6.07, 6.45) is 1.74. The maximum Gasteiger partial charge on any atom is 0.256 e. The molecule has 6 heteroatoms. The van der Waals surface area contributed by atoms with Crippen molar-refractivity contribution in [1.82, 2.24) is 4.98 Å². The Kier molecular flexibility index (Phi) is 5.13. The van der Waals surface area contributed by atoms with Crippen molar-refractivity contribution < 1.29 is 4.79 Å². The molecule has 0 radical (unpaired) electrons. The van der Waals surface area contributed by atoms with Crippen LogP contribution in [0.5, 0.6) is 0 Å². The second-order valence-corrected chi connectivity index (χ2v) is 8.17. The number of pyridine rings is 1. The van der Waals surface area contributed by atoms with Crippen molar-refractivity contribution >= 4 is 40.9 Å². The number of thioether (sulfide) groups is 2. The third kappa shape index (κ3) is 4.00. The molecular formula is C17H19N3OS2. The molecule has 1 aliphatic heterocycles. The molecule has 120 valence electrons. The molecule has 1 saturated heterocycles. The Morgan fingerprint density at radius 2 is 1.83 bits per heavy atom. The van der Waals surface area contributed by atoms with Crippen LogP contribution in [0.4, 0.5) is 11.5 Å². The number of amides is 1. The maximum atomic E-state index is 12.3. The molecule has 1 amide bonds. The lowest BCUT2D eigenvalue weighted by molar-refractivity contribution is 0.102. The van der Waals surface area contributed by atoms with Gasteiger partial charge in [-0.05, 0) is 29.8 Å². The maximum absolute atomic E-state index is 12.3. The molecule has 1 fully saturated rings. The fraction of sp³-hybridized carbons (Fsp3) is 0.294. The molecule has 2 aromatic rings. The first-order valence-electron chi connectivity index (χ1n) is 7.41. The Hall–Kier alpha value is -1.66. The van der Waals surface area contributed by atoms with E-state index in [0.717, 1.165) is 5.69 Å². The number of aromatic nitrogens is 1. The van der Waals surface area contributed by atoms with Crippen LogP contribution in [-0.2, 0) is 0 Å². The summed E-state index contributed by atoms with van der Waals surface area (Å²) >= 11 is 3.93. The van der Waals surface area contributed by atoms with Gasteiger partial charge in [-0.1, -0.05) is 12.1 Å². The van der Waals surface area contributed by atoms with Crippen LogP contribution >= 0.6 is 23.5 Å². The minimum atomic E-state index is -0.131. The zero-order chi connectivity index (χ0) is 16.2. The molecule has 0 atom stereocenters. The third-order valence-corrected chi connectivity index (χ3v) is 6.68. The minimum absolute atomic E-state index is 0.131. The Labute approximate surface area is 145 Å². The normalized spacial score (nSPS) is 14.7. The number of hydrogen-bond acceptors (Lipinski definition) is 5. The SMILES string of the molecule is CN(C)c1ccc(NC(=O)c2ccc(C3SCCS3)cc2)nc1. The lowest BCUT2D eigenvalue weighted by atomic mass is 10.1. The van der Waals surface area contributed by atoms with Crippen LogP contribution < -0.4 is 10.2 Å². The zero-order valence-electron chi connectivity index (χ0n) is 13.2. The molecule has 3 rings (SSSR count). The van der Waals surface area contributed by atoms with E-state index in [4.69, 9.17) is 0 Å². The monoisotopic (exact) mass is 345 g/mol. The number of rotatable bonds is 4. The molecule has 1 aromatic carbocycles. The zero-order valence-corrected chi connectivity index (χ0v) is 14.8. The summed E-state index contributed by atoms with van der Waals surface area (Å²) in [5.41, 5.74) is 2.93. The second-order valence-electron chi connectivity index (χ2n) is 5.45. The summed E-state index contributed by atoms with van der Waals surface area (Å²) in [6, 6.07) is 11.6. The number of carbonyl (C=O) groups excluding carboxylic acids is 1. The van der Waals surface area contributed by atoms with Gasteiger partial charge in [0, 0.05) is 31.2 Å². The van der Waals surface area contributed by atoms with Crippen molar-refractivity contribution in [3.63, 3.8) is 0 Å². The fourth-order valence-electron chi connectivity index (χ4n) is 2.26. The average molecular weight is 345 g/mol. The first-order chi connectivity index (χ1) is 11.1. The topological polar surface area (TPSA) is 45.2 Å². The van der Waals surface area contributed by atoms with Crippen LogP contribution in [-0.4, -0.2) is 36.5 Å². The van der Waals surface area contributed by atoms with Gasteiger partial charge in [0.05, 0.1) is 16.5 Å². The van der Waals surface area contributed by atoms with Crippen LogP contribution in [0, 0.1) is 0 Å². The standard InChI is InChI=1S/C17H19N3OS2/c1-20(2)14-7-8-15(18-11-14)19-16(21)12-3-5-13(6-4-12)17-22-9-10-23-17/h3-8,11,17H,9-10H2,1-2H3,(H,18,19,21). The number of nitrogens with one attached hydrogen (secondary N) is 1. The first-order valence-corrected chi connectivity index (χ1v) is 9.51. The Morgan fingerprint density at radius 1 is 1.13 bits per heavy atom. The number of benzene rings is 1. The Bertz CT molecular complexity index is 665. The van der Waals surface area contributed by atoms with E-state index in [1.165, 1.54) is 17.1 Å². The van der Waals surface area contributed by atoms with Gasteiger partial charge in [-0.3, -0.25) is 4.79 Å². The van der Waals surface area contributed by atoms with Gasteiger partial charge in [-0.25, -0.2) is 4.98 Å². The van der Waals surface area contributed by atoms with Gasteiger partial charge < -0.3 is 10.2 Å². The summed E-state index contributed by atoms with van der Waals surface area (Å²) in [4.78, 5) is 18.5. The molecule has 0 aliphatic carbocycles. The molecule has 2 heterocycles. The smallest absolute Gasteiger partial charge is 0.256 e. The summed E-state index contributed by atoms with van der Waals surface area (Å²) in [7, 11) is 3.91. The molecule has 0 unspecified atom stereocenters. The van der Waals surface area contributed by atoms with Gasteiger partial charge in [0.25, 0.3) is 5.91 Å². The van der Waals surface area contributed by atoms with E-state index in [9.17, 15) is 4.79 Å². The molecule has 0 bridgehead atoms. The molecule has 1 N–H and O–H groups in total. The lowest BCUT2D eigenvalue weighted by Gasteiger charge is -2.12. The van der Waals surface area contributed by atoms with Crippen LogP contribution in [0.3, 0.4) is 0 Å². The van der Waals surface area contributed by atoms with E-state index >= 15 is 0 Å². The van der Waals surface area contributed by atoms with E-state index in [0.29, 0.717) is 16.0 Å². The number of anilines is 2. The summed E-state index contributed by atoms with van der Waals surface area (Å²) in [5, 5.41) is 2.83. The van der Waals surface area contributed by atoms with E-state index in [1.807, 2.05) is 78.9 Å². The number of carbonyl (C=O) groups is 1. The van der Waals surface area contributed by atoms with Crippen LogP contribution in [0.25, 0.3) is 0 Å². The second kappa shape index (κ2) is 7.27. The number of hydrogen-bond donors (Lipinski definition) is 1. The molecular weight excluding hydrogens is 326 g/mol. The third-order valence-electron chi connectivity index (χ3n) is 3.57. The molecule has 1 aliphatic rings. The van der Waals surface area contributed by atoms with E-state index in [2.05, 4.69) is 10.3 Å². The van der Waals surface area contributed by atoms with E-state index < -0.39 is 0 Å². The van der Waals surface area contributed by atoms with Crippen molar-refractivity contribution in [3.05, 3.63) is 53.7 Å². The molecule has 0 saturated carbocycles. The van der Waals surface area contributed by atoms with Crippen molar-refractivity contribution in [2.45, 2.75) is 4.58 Å². The lowest BCUT2D eigenvalue weighted by Crippen LogP contribution is -2.14. The van der Waals surface area contributed by atoms with Gasteiger partial charge >= 0.3 is 0 Å². The van der Waals surface area contributed by atoms with Crippen LogP contribution in [0.15, 0.2) is 42.6 Å². The highest BCUT2D eigenvalue weighted by Gasteiger charge is 2.18. The van der Waals surface area contributed by atoms with Gasteiger partial charge in [0.1, 0.15) is 5.82 Å². The average Bonchev–Trinajstić information content (AvgIpc) is 3.10. The Morgan fingerprint density at radius 3 is 2.39 bits per heavy atom.